The van der Waals surface area contributed by atoms with Gasteiger partial charge >= 0.3 is 0 Å². The average Bonchev–Trinajstić information content (AvgIpc) is 3.14. The third kappa shape index (κ3) is 4.02. The van der Waals surface area contributed by atoms with E-state index in [-0.39, 0.29) is 35.0 Å². The predicted octanol–water partition coefficient (Wildman–Crippen LogP) is 4.71. The molecule has 1 N–H and O–H groups in total. The summed E-state index contributed by atoms with van der Waals surface area (Å²) in [5.41, 5.74) is -0.176. The summed E-state index contributed by atoms with van der Waals surface area (Å²) in [5, 5.41) is 23.2. The van der Waals surface area contributed by atoms with E-state index in [2.05, 4.69) is 21.7 Å². The Balaban J connectivity index is 2.07. The number of nitrogens with zero attached hydrogens (tertiary/aromatic N) is 6. The fourth-order valence-corrected chi connectivity index (χ4v) is 4.47. The van der Waals surface area contributed by atoms with E-state index in [9.17, 15) is 27.9 Å². The van der Waals surface area contributed by atoms with Crippen molar-refractivity contribution in [2.45, 2.75) is 32.8 Å². The number of fused-ring (bicyclic) bond motifs is 1. The van der Waals surface area contributed by atoms with Crippen molar-refractivity contribution in [2.24, 2.45) is 4.99 Å². The van der Waals surface area contributed by atoms with Crippen molar-refractivity contribution in [3.8, 4) is 6.07 Å². The van der Waals surface area contributed by atoms with Gasteiger partial charge in [0.15, 0.2) is 5.65 Å². The number of hydrogen-bond donors (Lipinski definition) is 1. The number of halogens is 5. The molecule has 1 saturated heterocycles. The molecule has 182 valence electrons. The molecule has 0 bridgehead atoms. The summed E-state index contributed by atoms with van der Waals surface area (Å²) in [6.45, 7) is 7.13. The first-order valence-corrected chi connectivity index (χ1v) is 10.8. The Morgan fingerprint density at radius 1 is 1.31 bits per heavy atom. The number of alkyl halides is 4. The van der Waals surface area contributed by atoms with Crippen molar-refractivity contribution in [3.05, 3.63) is 63.6 Å². The quantitative estimate of drug-likeness (QED) is 0.593. The van der Waals surface area contributed by atoms with Crippen LogP contribution in [-0.2, 0) is 0 Å². The topological polar surface area (TPSA) is 89.8 Å². The van der Waals surface area contributed by atoms with Crippen LogP contribution in [0.3, 0.4) is 0 Å². The lowest BCUT2D eigenvalue weighted by atomic mass is 9.89. The van der Waals surface area contributed by atoms with E-state index in [1.807, 2.05) is 0 Å². The maximum Gasteiger partial charge on any atom is 0.283 e. The highest BCUT2D eigenvalue weighted by molar-refractivity contribution is 6.37. The van der Waals surface area contributed by atoms with Crippen molar-refractivity contribution in [1.29, 1.82) is 5.26 Å². The number of rotatable bonds is 5. The summed E-state index contributed by atoms with van der Waals surface area (Å²) in [4.78, 5) is 10.1. The smallest absolute Gasteiger partial charge is 0.283 e. The molecular formula is C23H19ClF4N6O. The van der Waals surface area contributed by atoms with Crippen molar-refractivity contribution in [3.63, 3.8) is 0 Å². The van der Waals surface area contributed by atoms with Gasteiger partial charge in [-0.2, -0.15) is 14.9 Å². The summed E-state index contributed by atoms with van der Waals surface area (Å²) >= 11 is 6.04. The maximum atomic E-state index is 13.9. The fraction of sp³-hybridized carbons (Fsp3) is 0.304. The van der Waals surface area contributed by atoms with Gasteiger partial charge < -0.3 is 10.0 Å². The van der Waals surface area contributed by atoms with Crippen LogP contribution in [0.4, 0.5) is 23.4 Å². The molecule has 0 atom stereocenters. The standard InChI is InChI=1S/C23H19ClF4N6O/c1-4-30-18-13(5-6-15(24)17(18)20(25)26)10(2)16-11(3)31-22-14(7-29)19(21(27)28)32-34(22)23(16)33-8-12(35)9-33/h4-6,12,20-21,35H,1,8-9H2,2-3H3/b13-10+,30-18?. The van der Waals surface area contributed by atoms with Gasteiger partial charge in [-0.05, 0) is 25.5 Å². The Morgan fingerprint density at radius 2 is 2.00 bits per heavy atom. The zero-order chi connectivity index (χ0) is 25.6. The molecule has 3 heterocycles. The van der Waals surface area contributed by atoms with Crippen molar-refractivity contribution in [1.82, 2.24) is 14.6 Å². The average molecular weight is 507 g/mol. The number of nitriles is 1. The summed E-state index contributed by atoms with van der Waals surface area (Å²) < 4.78 is 56.2. The van der Waals surface area contributed by atoms with Crippen LogP contribution in [0.5, 0.6) is 0 Å². The molecule has 0 aromatic carbocycles. The van der Waals surface area contributed by atoms with Gasteiger partial charge in [0.1, 0.15) is 23.1 Å². The Morgan fingerprint density at radius 3 is 2.54 bits per heavy atom. The third-order valence-corrected chi connectivity index (χ3v) is 6.14. The van der Waals surface area contributed by atoms with Crippen molar-refractivity contribution < 1.29 is 22.7 Å². The first kappa shape index (κ1) is 24.6. The Bertz CT molecular complexity index is 1390. The number of anilines is 1. The molecule has 0 radical (unpaired) electrons. The molecule has 1 aliphatic carbocycles. The number of aliphatic hydroxyl groups excluding tert-OH is 1. The number of aliphatic hydroxyl groups is 1. The number of aliphatic imine (C=N–C) groups is 1. The zero-order valence-corrected chi connectivity index (χ0v) is 19.4. The highest BCUT2D eigenvalue weighted by Gasteiger charge is 2.34. The van der Waals surface area contributed by atoms with E-state index >= 15 is 0 Å². The maximum absolute atomic E-state index is 13.9. The van der Waals surface area contributed by atoms with Gasteiger partial charge in [-0.15, -0.1) is 0 Å². The van der Waals surface area contributed by atoms with E-state index in [0.717, 1.165) is 10.7 Å². The first-order valence-electron chi connectivity index (χ1n) is 10.4. The van der Waals surface area contributed by atoms with Crippen LogP contribution in [0.2, 0.25) is 0 Å². The molecule has 7 nitrogen and oxygen atoms in total. The minimum atomic E-state index is -3.02. The van der Waals surface area contributed by atoms with Crippen LogP contribution in [0.1, 0.15) is 35.9 Å². The lowest BCUT2D eigenvalue weighted by Crippen LogP contribution is -2.52. The highest BCUT2D eigenvalue weighted by Crippen LogP contribution is 2.39. The molecule has 0 amide bonds. The molecule has 2 aliphatic rings. The van der Waals surface area contributed by atoms with E-state index in [4.69, 9.17) is 11.6 Å². The van der Waals surface area contributed by atoms with Crippen molar-refractivity contribution >= 4 is 34.4 Å². The molecule has 2 aromatic heterocycles. The second kappa shape index (κ2) is 9.28. The Hall–Kier alpha value is -3.49. The number of aryl methyl sites for hydroxylation is 1. The lowest BCUT2D eigenvalue weighted by Gasteiger charge is -2.39. The van der Waals surface area contributed by atoms with Crippen molar-refractivity contribution in [2.75, 3.05) is 18.0 Å². The van der Waals surface area contributed by atoms with Gasteiger partial charge in [-0.1, -0.05) is 24.3 Å². The van der Waals surface area contributed by atoms with Gasteiger partial charge in [0, 0.05) is 30.4 Å². The summed E-state index contributed by atoms with van der Waals surface area (Å²) in [6, 6.07) is 1.75. The molecule has 0 unspecified atom stereocenters. The molecule has 0 saturated carbocycles. The second-order valence-corrected chi connectivity index (χ2v) is 8.36. The monoisotopic (exact) mass is 506 g/mol. The SMILES string of the molecule is C=CN=C1C(C(F)F)=C(Cl)C=C/C1=C(/C)c1c(C)nc2c(C#N)c(C(F)F)nn2c1N1CC(O)C1. The number of β-amino-alcohol motifs (C(OH)–C–C–N with tert-alkyl or cyclic N) is 1. The van der Waals surface area contributed by atoms with Crippen LogP contribution < -0.4 is 4.90 Å². The van der Waals surface area contributed by atoms with Crippen LogP contribution in [0, 0.1) is 18.3 Å². The van der Waals surface area contributed by atoms with E-state index in [1.165, 1.54) is 12.2 Å². The minimum absolute atomic E-state index is 0.0615. The van der Waals surface area contributed by atoms with Gasteiger partial charge in [0.05, 0.1) is 28.1 Å². The normalized spacial score (nSPS) is 19.2. The van der Waals surface area contributed by atoms with Gasteiger partial charge in [-0.3, -0.25) is 4.99 Å². The molecular weight excluding hydrogens is 488 g/mol. The van der Waals surface area contributed by atoms with Gasteiger partial charge in [-0.25, -0.2) is 22.5 Å². The number of hydrogen-bond acceptors (Lipinski definition) is 6. The van der Waals surface area contributed by atoms with E-state index < -0.39 is 30.2 Å². The first-order chi connectivity index (χ1) is 16.6. The van der Waals surface area contributed by atoms with Crippen LogP contribution in [0.25, 0.3) is 11.2 Å². The summed E-state index contributed by atoms with van der Waals surface area (Å²) in [7, 11) is 0. The second-order valence-electron chi connectivity index (χ2n) is 7.96. The fourth-order valence-electron chi connectivity index (χ4n) is 4.24. The largest absolute Gasteiger partial charge is 0.389 e. The molecule has 12 heteroatoms. The molecule has 2 aromatic rings. The molecule has 1 fully saturated rings. The van der Waals surface area contributed by atoms with Crippen LogP contribution in [-0.4, -0.2) is 51.0 Å². The molecule has 4 rings (SSSR count). The third-order valence-electron chi connectivity index (χ3n) is 5.81. The van der Waals surface area contributed by atoms with Crippen LogP contribution >= 0.6 is 11.6 Å². The summed E-state index contributed by atoms with van der Waals surface area (Å²) in [5.74, 6) is 0.303. The Kier molecular flexibility index (Phi) is 6.53. The molecule has 1 aliphatic heterocycles. The summed E-state index contributed by atoms with van der Waals surface area (Å²) in [6.07, 6.45) is -2.61. The van der Waals surface area contributed by atoms with Gasteiger partial charge in [0.2, 0.25) is 0 Å². The molecule has 35 heavy (non-hydrogen) atoms. The number of aromatic nitrogens is 3. The highest BCUT2D eigenvalue weighted by atomic mass is 35.5. The van der Waals surface area contributed by atoms with E-state index in [1.54, 1.807) is 24.8 Å². The number of allylic oxidation sites excluding steroid dienone is 6. The van der Waals surface area contributed by atoms with E-state index in [0.29, 0.717) is 28.2 Å². The minimum Gasteiger partial charge on any atom is -0.389 e. The van der Waals surface area contributed by atoms with Gasteiger partial charge in [0.25, 0.3) is 12.9 Å². The lowest BCUT2D eigenvalue weighted by molar-refractivity contribution is 0.139. The Labute approximate surface area is 202 Å². The molecule has 0 spiro atoms. The predicted molar refractivity (Wildman–Crippen MR) is 124 cm³/mol. The van der Waals surface area contributed by atoms with Crippen LogP contribution in [0.15, 0.2) is 46.1 Å². The zero-order valence-electron chi connectivity index (χ0n) is 18.6.